The molecule has 0 unspecified atom stereocenters. The number of anilines is 1. The van der Waals surface area contributed by atoms with Crippen molar-refractivity contribution in [3.05, 3.63) is 58.3 Å². The first-order valence-corrected chi connectivity index (χ1v) is 10.4. The summed E-state index contributed by atoms with van der Waals surface area (Å²) in [6, 6.07) is 11.7. The first-order chi connectivity index (χ1) is 11.9. The SMILES string of the molecule is CN(Cc1ccccc1N1CCCC1)S(=O)(=O)c1cc(Br)ccc1F. The van der Waals surface area contributed by atoms with E-state index in [1.54, 1.807) is 0 Å². The van der Waals surface area contributed by atoms with Crippen molar-refractivity contribution in [1.29, 1.82) is 0 Å². The van der Waals surface area contributed by atoms with Crippen LogP contribution in [0.15, 0.2) is 51.8 Å². The molecule has 1 heterocycles. The van der Waals surface area contributed by atoms with Gasteiger partial charge in [-0.1, -0.05) is 34.1 Å². The molecule has 0 atom stereocenters. The lowest BCUT2D eigenvalue weighted by Crippen LogP contribution is -2.28. The summed E-state index contributed by atoms with van der Waals surface area (Å²) in [6.45, 7) is 2.16. The highest BCUT2D eigenvalue weighted by molar-refractivity contribution is 9.10. The molecule has 0 saturated carbocycles. The molecular formula is C18H20BrFN2O2S. The minimum atomic E-state index is -3.92. The Morgan fingerprint density at radius 2 is 1.84 bits per heavy atom. The highest BCUT2D eigenvalue weighted by Gasteiger charge is 2.26. The number of nitrogens with zero attached hydrogens (tertiary/aromatic N) is 2. The quantitative estimate of drug-likeness (QED) is 0.724. The lowest BCUT2D eigenvalue weighted by atomic mass is 10.1. The third-order valence-electron chi connectivity index (χ3n) is 4.41. The molecule has 0 bridgehead atoms. The minimum absolute atomic E-state index is 0.195. The Hall–Kier alpha value is -1.44. The van der Waals surface area contributed by atoms with Gasteiger partial charge in [0.05, 0.1) is 0 Å². The average molecular weight is 427 g/mol. The number of hydrogen-bond acceptors (Lipinski definition) is 3. The fourth-order valence-electron chi connectivity index (χ4n) is 3.08. The Bertz CT molecular complexity index is 867. The van der Waals surface area contributed by atoms with Gasteiger partial charge >= 0.3 is 0 Å². The van der Waals surface area contributed by atoms with Crippen LogP contribution in [0, 0.1) is 5.82 Å². The summed E-state index contributed by atoms with van der Waals surface area (Å²) < 4.78 is 41.4. The van der Waals surface area contributed by atoms with Crippen molar-refractivity contribution in [3.8, 4) is 0 Å². The first-order valence-electron chi connectivity index (χ1n) is 8.14. The van der Waals surface area contributed by atoms with Gasteiger partial charge in [0.15, 0.2) is 0 Å². The molecule has 0 N–H and O–H groups in total. The van der Waals surface area contributed by atoms with Gasteiger partial charge in [0, 0.05) is 36.8 Å². The molecular weight excluding hydrogens is 407 g/mol. The van der Waals surface area contributed by atoms with Crippen molar-refractivity contribution in [2.24, 2.45) is 0 Å². The largest absolute Gasteiger partial charge is 0.371 e. The topological polar surface area (TPSA) is 40.6 Å². The molecule has 2 aromatic rings. The number of rotatable bonds is 5. The van der Waals surface area contributed by atoms with Gasteiger partial charge in [-0.25, -0.2) is 12.8 Å². The molecule has 1 aliphatic rings. The monoisotopic (exact) mass is 426 g/mol. The van der Waals surface area contributed by atoms with E-state index in [1.165, 1.54) is 23.5 Å². The van der Waals surface area contributed by atoms with Gasteiger partial charge < -0.3 is 4.90 Å². The van der Waals surface area contributed by atoms with Crippen molar-refractivity contribution in [1.82, 2.24) is 4.31 Å². The fraction of sp³-hybridized carbons (Fsp3) is 0.333. The molecule has 1 aliphatic heterocycles. The van der Waals surface area contributed by atoms with E-state index in [0.717, 1.165) is 43.2 Å². The molecule has 7 heteroatoms. The zero-order chi connectivity index (χ0) is 18.0. The zero-order valence-corrected chi connectivity index (χ0v) is 16.4. The van der Waals surface area contributed by atoms with Crippen LogP contribution in [0.2, 0.25) is 0 Å². The number of sulfonamides is 1. The van der Waals surface area contributed by atoms with Crippen LogP contribution in [0.5, 0.6) is 0 Å². The second-order valence-electron chi connectivity index (χ2n) is 6.16. The predicted octanol–water partition coefficient (Wildman–Crippen LogP) is 4.01. The molecule has 3 rings (SSSR count). The maximum absolute atomic E-state index is 14.1. The number of benzene rings is 2. The van der Waals surface area contributed by atoms with Crippen LogP contribution in [0.25, 0.3) is 0 Å². The normalized spacial score (nSPS) is 15.1. The minimum Gasteiger partial charge on any atom is -0.371 e. The van der Waals surface area contributed by atoms with Crippen molar-refractivity contribution < 1.29 is 12.8 Å². The molecule has 134 valence electrons. The summed E-state index contributed by atoms with van der Waals surface area (Å²) in [7, 11) is -2.44. The molecule has 2 aromatic carbocycles. The molecule has 0 radical (unpaired) electrons. The van der Waals surface area contributed by atoms with Gasteiger partial charge in [-0.15, -0.1) is 0 Å². The summed E-state index contributed by atoms with van der Waals surface area (Å²) in [4.78, 5) is 1.96. The molecule has 25 heavy (non-hydrogen) atoms. The Morgan fingerprint density at radius 1 is 1.16 bits per heavy atom. The van der Waals surface area contributed by atoms with Crippen molar-refractivity contribution in [3.63, 3.8) is 0 Å². The van der Waals surface area contributed by atoms with E-state index >= 15 is 0 Å². The predicted molar refractivity (Wildman–Crippen MR) is 101 cm³/mol. The van der Waals surface area contributed by atoms with E-state index in [1.807, 2.05) is 24.3 Å². The van der Waals surface area contributed by atoms with Crippen molar-refractivity contribution >= 4 is 31.6 Å². The number of para-hydroxylation sites is 1. The van der Waals surface area contributed by atoms with E-state index in [9.17, 15) is 12.8 Å². The molecule has 0 spiro atoms. The van der Waals surface area contributed by atoms with Crippen LogP contribution in [-0.2, 0) is 16.6 Å². The number of halogens is 2. The lowest BCUT2D eigenvalue weighted by molar-refractivity contribution is 0.460. The van der Waals surface area contributed by atoms with E-state index in [-0.39, 0.29) is 11.4 Å². The second kappa shape index (κ2) is 7.43. The Kier molecular flexibility index (Phi) is 5.46. The maximum Gasteiger partial charge on any atom is 0.246 e. The van der Waals surface area contributed by atoms with Crippen molar-refractivity contribution in [2.45, 2.75) is 24.3 Å². The summed E-state index contributed by atoms with van der Waals surface area (Å²) in [5.74, 6) is -0.747. The van der Waals surface area contributed by atoms with Crippen LogP contribution >= 0.6 is 15.9 Å². The molecule has 0 amide bonds. The molecule has 1 saturated heterocycles. The van der Waals surface area contributed by atoms with Gasteiger partial charge in [0.1, 0.15) is 10.7 Å². The smallest absolute Gasteiger partial charge is 0.246 e. The Labute approximate surface area is 156 Å². The standard InChI is InChI=1S/C18H20BrFN2O2S/c1-21(25(23,24)18-12-15(19)8-9-16(18)20)13-14-6-2-3-7-17(14)22-10-4-5-11-22/h2-3,6-9,12H,4-5,10-11,13H2,1H3. The van der Waals surface area contributed by atoms with Gasteiger partial charge in [-0.3, -0.25) is 0 Å². The summed E-state index contributed by atoms with van der Waals surface area (Å²) in [5.41, 5.74) is 1.97. The summed E-state index contributed by atoms with van der Waals surface area (Å²) in [5, 5.41) is 0. The van der Waals surface area contributed by atoms with Crippen LogP contribution in [0.4, 0.5) is 10.1 Å². The van der Waals surface area contributed by atoms with E-state index in [4.69, 9.17) is 0 Å². The Balaban J connectivity index is 1.89. The fourth-order valence-corrected chi connectivity index (χ4v) is 4.83. The maximum atomic E-state index is 14.1. The highest BCUT2D eigenvalue weighted by atomic mass is 79.9. The van der Waals surface area contributed by atoms with Gasteiger partial charge in [-0.2, -0.15) is 4.31 Å². The van der Waals surface area contributed by atoms with Crippen LogP contribution in [0.1, 0.15) is 18.4 Å². The van der Waals surface area contributed by atoms with Crippen molar-refractivity contribution in [2.75, 3.05) is 25.0 Å². The third kappa shape index (κ3) is 3.88. The van der Waals surface area contributed by atoms with Gasteiger partial charge in [0.2, 0.25) is 10.0 Å². The summed E-state index contributed by atoms with van der Waals surface area (Å²) in [6.07, 6.45) is 2.29. The molecule has 0 aliphatic carbocycles. The molecule has 4 nitrogen and oxygen atoms in total. The molecule has 0 aromatic heterocycles. The van der Waals surface area contributed by atoms with Gasteiger partial charge in [-0.05, 0) is 42.7 Å². The molecule has 1 fully saturated rings. The number of hydrogen-bond donors (Lipinski definition) is 0. The van der Waals surface area contributed by atoms with Gasteiger partial charge in [0.25, 0.3) is 0 Å². The van der Waals surface area contributed by atoms with Crippen LogP contribution in [0.3, 0.4) is 0 Å². The summed E-state index contributed by atoms with van der Waals surface area (Å²) >= 11 is 3.20. The third-order valence-corrected chi connectivity index (χ3v) is 6.72. The van der Waals surface area contributed by atoms with E-state index < -0.39 is 15.8 Å². The Morgan fingerprint density at radius 3 is 2.56 bits per heavy atom. The van der Waals surface area contributed by atoms with E-state index in [2.05, 4.69) is 20.8 Å². The van der Waals surface area contributed by atoms with E-state index in [0.29, 0.717) is 4.47 Å². The lowest BCUT2D eigenvalue weighted by Gasteiger charge is -2.24. The first kappa shape index (κ1) is 18.4. The zero-order valence-electron chi connectivity index (χ0n) is 14.0. The van der Waals surface area contributed by atoms with Crippen LogP contribution < -0.4 is 4.90 Å². The van der Waals surface area contributed by atoms with Crippen LogP contribution in [-0.4, -0.2) is 32.9 Å². The average Bonchev–Trinajstić information content (AvgIpc) is 3.11. The second-order valence-corrected chi connectivity index (χ2v) is 9.09. The highest BCUT2D eigenvalue weighted by Crippen LogP contribution is 2.28.